The van der Waals surface area contributed by atoms with E-state index in [-0.39, 0.29) is 92.5 Å². The smallest absolute Gasteiger partial charge is 0.432 e. The molecular weight excluding hydrogens is 780 g/mol. The Hall–Kier alpha value is -4.62. The highest BCUT2D eigenvalue weighted by Crippen LogP contribution is 2.03. The third-order valence-electron chi connectivity index (χ3n) is 5.69. The molecule has 24 nitrogen and oxygen atoms in total. The Bertz CT molecular complexity index is 1070. The lowest BCUT2D eigenvalue weighted by molar-refractivity contribution is -0.0814. The van der Waals surface area contributed by atoms with Crippen molar-refractivity contribution in [3.8, 4) is 0 Å². The largest absolute Gasteiger partial charge is 0.508 e. The van der Waals surface area contributed by atoms with Gasteiger partial charge < -0.3 is 86.4 Å². The molecular formula is C33H56O24. The van der Waals surface area contributed by atoms with Crippen LogP contribution in [-0.2, 0) is 71.1 Å². The molecule has 0 saturated carbocycles. The van der Waals surface area contributed by atoms with Gasteiger partial charge in [-0.05, 0) is 41.5 Å². The third-order valence-corrected chi connectivity index (χ3v) is 5.69. The summed E-state index contributed by atoms with van der Waals surface area (Å²) in [6, 6.07) is 0. The highest BCUT2D eigenvalue weighted by atomic mass is 16.8. The third kappa shape index (κ3) is 34.4. The van der Waals surface area contributed by atoms with Crippen LogP contribution in [0, 0.1) is 0 Å². The van der Waals surface area contributed by atoms with Crippen LogP contribution in [0.1, 0.15) is 41.5 Å². The molecule has 332 valence electrons. The fraction of sp³-hybridized carbons (Fsp3) is 0.818. The van der Waals surface area contributed by atoms with E-state index in [1.807, 2.05) is 0 Å². The van der Waals surface area contributed by atoms with Gasteiger partial charge in [0.05, 0.1) is 51.3 Å². The first kappa shape index (κ1) is 52.4. The lowest BCUT2D eigenvalue weighted by Crippen LogP contribution is -2.30. The molecule has 0 spiro atoms. The summed E-state index contributed by atoms with van der Waals surface area (Å²) in [7, 11) is 0. The van der Waals surface area contributed by atoms with Gasteiger partial charge in [0.2, 0.25) is 0 Å². The van der Waals surface area contributed by atoms with Crippen molar-refractivity contribution in [3.63, 3.8) is 0 Å². The Labute approximate surface area is 328 Å². The lowest BCUT2D eigenvalue weighted by Gasteiger charge is -2.19. The molecule has 0 rings (SSSR count). The molecule has 0 aromatic carbocycles. The van der Waals surface area contributed by atoms with Crippen LogP contribution in [0.25, 0.3) is 0 Å². The molecule has 6 atom stereocenters. The van der Waals surface area contributed by atoms with Crippen molar-refractivity contribution in [3.05, 3.63) is 0 Å². The number of hydrogen-bond acceptors (Lipinski definition) is 24. The summed E-state index contributed by atoms with van der Waals surface area (Å²) in [5.74, 6) is 0. The maximum absolute atomic E-state index is 11.9. The number of hydrogen-bond donors (Lipinski definition) is 3. The van der Waals surface area contributed by atoms with Gasteiger partial charge in [0.15, 0.2) is 0 Å². The fourth-order valence-electron chi connectivity index (χ4n) is 3.23. The van der Waals surface area contributed by atoms with Crippen LogP contribution in [0.3, 0.4) is 0 Å². The minimum atomic E-state index is -1.09. The first-order valence-electron chi connectivity index (χ1n) is 17.7. The number of aliphatic hydroxyl groups excluding tert-OH is 3. The van der Waals surface area contributed by atoms with Gasteiger partial charge >= 0.3 is 36.9 Å². The van der Waals surface area contributed by atoms with Gasteiger partial charge in [-0.2, -0.15) is 0 Å². The van der Waals surface area contributed by atoms with Crippen molar-refractivity contribution in [1.29, 1.82) is 0 Å². The number of rotatable bonds is 29. The molecule has 3 N–H and O–H groups in total. The van der Waals surface area contributed by atoms with Gasteiger partial charge in [0, 0.05) is 0 Å². The van der Waals surface area contributed by atoms with Gasteiger partial charge in [-0.15, -0.1) is 0 Å². The minimum absolute atomic E-state index is 0.108. The van der Waals surface area contributed by atoms with Crippen LogP contribution in [-0.4, -0.2) is 187 Å². The van der Waals surface area contributed by atoms with Crippen molar-refractivity contribution in [2.45, 2.75) is 84.3 Å². The normalized spacial score (nSPS) is 14.5. The number of carbonyl (C=O) groups is 6. The first-order valence-corrected chi connectivity index (χ1v) is 17.7. The SMILES string of the molecule is CC(O)COC(=O)OC(C)COC(=O)OCCOCC(COCCOC(=O)OCC(C)OC(=O)OCC(C)O)OCCOC(=O)OCC(C)OC(=O)OCC(C)O. The zero-order valence-corrected chi connectivity index (χ0v) is 32.9. The van der Waals surface area contributed by atoms with E-state index in [2.05, 4.69) is 14.2 Å². The van der Waals surface area contributed by atoms with Gasteiger partial charge in [-0.3, -0.25) is 0 Å². The zero-order valence-electron chi connectivity index (χ0n) is 32.9. The number of aliphatic hydroxyl groups is 3. The molecule has 0 radical (unpaired) electrons. The Kier molecular flexibility index (Phi) is 29.8. The molecule has 0 heterocycles. The Morgan fingerprint density at radius 3 is 0.930 bits per heavy atom. The topological polar surface area (TPSA) is 302 Å². The van der Waals surface area contributed by atoms with Crippen LogP contribution in [0.15, 0.2) is 0 Å². The number of carbonyl (C=O) groups excluding carboxylic acids is 6. The predicted octanol–water partition coefficient (Wildman–Crippen LogP) is 1.63. The summed E-state index contributed by atoms with van der Waals surface area (Å²) in [5, 5.41) is 27.4. The summed E-state index contributed by atoms with van der Waals surface area (Å²) < 4.78 is 74.4. The minimum Gasteiger partial charge on any atom is -0.432 e. The van der Waals surface area contributed by atoms with Crippen molar-refractivity contribution in [2.24, 2.45) is 0 Å². The van der Waals surface area contributed by atoms with Gasteiger partial charge in [-0.25, -0.2) is 28.8 Å². The lowest BCUT2D eigenvalue weighted by atomic mass is 10.4. The molecule has 6 unspecified atom stereocenters. The molecule has 0 amide bonds. The van der Waals surface area contributed by atoms with Crippen molar-refractivity contribution >= 4 is 36.9 Å². The Morgan fingerprint density at radius 2 is 0.632 bits per heavy atom. The van der Waals surface area contributed by atoms with Crippen LogP contribution in [0.5, 0.6) is 0 Å². The molecule has 0 fully saturated rings. The highest BCUT2D eigenvalue weighted by molar-refractivity contribution is 5.62. The predicted molar refractivity (Wildman–Crippen MR) is 184 cm³/mol. The van der Waals surface area contributed by atoms with E-state index >= 15 is 0 Å². The van der Waals surface area contributed by atoms with Gasteiger partial charge in [-0.1, -0.05) is 0 Å². The molecule has 0 aromatic rings. The van der Waals surface area contributed by atoms with Crippen LogP contribution in [0.4, 0.5) is 28.8 Å². The molecule has 0 aliphatic heterocycles. The molecule has 0 aliphatic carbocycles. The van der Waals surface area contributed by atoms with Gasteiger partial charge in [0.25, 0.3) is 0 Å². The summed E-state index contributed by atoms with van der Waals surface area (Å²) in [5.41, 5.74) is 0. The van der Waals surface area contributed by atoms with Crippen LogP contribution >= 0.6 is 0 Å². The quantitative estimate of drug-likeness (QED) is 0.0548. The molecule has 0 saturated heterocycles. The second-order valence-corrected chi connectivity index (χ2v) is 11.9. The molecule has 0 aromatic heterocycles. The van der Waals surface area contributed by atoms with E-state index in [0.29, 0.717) is 0 Å². The van der Waals surface area contributed by atoms with E-state index in [1.165, 1.54) is 41.5 Å². The molecule has 0 bridgehead atoms. The summed E-state index contributed by atoms with van der Waals surface area (Å²) >= 11 is 0. The second kappa shape index (κ2) is 32.5. The van der Waals surface area contributed by atoms with E-state index in [0.717, 1.165) is 0 Å². The molecule has 0 aliphatic rings. The average molecular weight is 837 g/mol. The van der Waals surface area contributed by atoms with Crippen LogP contribution in [0.2, 0.25) is 0 Å². The Balaban J connectivity index is 4.64. The Morgan fingerprint density at radius 1 is 0.351 bits per heavy atom. The van der Waals surface area contributed by atoms with Crippen molar-refractivity contribution < 1.29 is 115 Å². The maximum atomic E-state index is 11.9. The van der Waals surface area contributed by atoms with E-state index in [4.69, 9.17) is 72.2 Å². The zero-order chi connectivity index (χ0) is 43.0. The first-order chi connectivity index (χ1) is 27.0. The van der Waals surface area contributed by atoms with E-state index in [1.54, 1.807) is 0 Å². The van der Waals surface area contributed by atoms with Crippen molar-refractivity contribution in [1.82, 2.24) is 0 Å². The molecule has 57 heavy (non-hydrogen) atoms. The van der Waals surface area contributed by atoms with E-state index < -0.39 is 79.7 Å². The maximum Gasteiger partial charge on any atom is 0.508 e. The summed E-state index contributed by atoms with van der Waals surface area (Å²) in [4.78, 5) is 70.1. The fourth-order valence-corrected chi connectivity index (χ4v) is 3.23. The second-order valence-electron chi connectivity index (χ2n) is 11.9. The summed E-state index contributed by atoms with van der Waals surface area (Å²) in [6.07, 6.45) is -12.4. The van der Waals surface area contributed by atoms with Crippen molar-refractivity contribution in [2.75, 3.05) is 92.5 Å². The van der Waals surface area contributed by atoms with Gasteiger partial charge in [0.1, 0.15) is 83.9 Å². The summed E-state index contributed by atoms with van der Waals surface area (Å²) in [6.45, 7) is 5.38. The highest BCUT2D eigenvalue weighted by Gasteiger charge is 2.18. The van der Waals surface area contributed by atoms with E-state index in [9.17, 15) is 28.8 Å². The standard InChI is InChI=1S/C33H56O24/c1-21(34)13-49-31(40)55-24(4)16-52-28(37)46-9-7-43-19-27(45-11-12-48-30(39)54-18-26(6)57-33(42)51-15-23(3)36)20-44-8-10-47-29(38)53-17-25(5)56-32(41)50-14-22(2)35/h21-27,34-36H,7-20H2,1-6H3. The molecule has 24 heteroatoms. The van der Waals surface area contributed by atoms with Crippen LogP contribution < -0.4 is 0 Å². The average Bonchev–Trinajstić information content (AvgIpc) is 3.13. The number of ether oxygens (including phenoxy) is 15. The monoisotopic (exact) mass is 836 g/mol.